The van der Waals surface area contributed by atoms with Gasteiger partial charge < -0.3 is 4.74 Å². The highest BCUT2D eigenvalue weighted by Gasteiger charge is 2.07. The van der Waals surface area contributed by atoms with Gasteiger partial charge in [0.05, 0.1) is 12.3 Å². The molecule has 3 aromatic rings. The van der Waals surface area contributed by atoms with Gasteiger partial charge in [-0.25, -0.2) is 4.98 Å². The predicted molar refractivity (Wildman–Crippen MR) is 113 cm³/mol. The van der Waals surface area contributed by atoms with Gasteiger partial charge in [-0.3, -0.25) is 4.79 Å². The van der Waals surface area contributed by atoms with Gasteiger partial charge in [0, 0.05) is 22.1 Å². The van der Waals surface area contributed by atoms with Crippen LogP contribution in [0.4, 0.5) is 0 Å². The Morgan fingerprint density at radius 3 is 2.33 bits per heavy atom. The Morgan fingerprint density at radius 1 is 0.926 bits per heavy atom. The zero-order valence-corrected chi connectivity index (χ0v) is 16.5. The van der Waals surface area contributed by atoms with Crippen LogP contribution < -0.4 is 4.74 Å². The fourth-order valence-electron chi connectivity index (χ4n) is 2.86. The average Bonchev–Trinajstić information content (AvgIpc) is 3.21. The molecule has 2 aromatic carbocycles. The Labute approximate surface area is 165 Å². The van der Waals surface area contributed by atoms with E-state index in [2.05, 4.69) is 24.4 Å². The molecule has 0 unspecified atom stereocenters. The van der Waals surface area contributed by atoms with Gasteiger partial charge in [-0.05, 0) is 30.7 Å². The Hall–Kier alpha value is -2.46. The molecule has 0 aliphatic carbocycles. The van der Waals surface area contributed by atoms with E-state index >= 15 is 0 Å². The van der Waals surface area contributed by atoms with Crippen molar-refractivity contribution < 1.29 is 9.53 Å². The second-order valence-corrected chi connectivity index (χ2v) is 7.42. The number of benzene rings is 2. The van der Waals surface area contributed by atoms with Crippen LogP contribution in [0.2, 0.25) is 0 Å². The molecule has 0 bridgehead atoms. The molecule has 0 radical (unpaired) electrons. The minimum Gasteiger partial charge on any atom is -0.494 e. The Kier molecular flexibility index (Phi) is 7.17. The fraction of sp³-hybridized carbons (Fsp3) is 0.304. The van der Waals surface area contributed by atoms with Gasteiger partial charge in [-0.1, -0.05) is 56.9 Å². The second kappa shape index (κ2) is 10.0. The van der Waals surface area contributed by atoms with Gasteiger partial charge in [0.25, 0.3) is 0 Å². The van der Waals surface area contributed by atoms with Gasteiger partial charge in [-0.2, -0.15) is 0 Å². The third-order valence-corrected chi connectivity index (χ3v) is 5.36. The first-order valence-electron chi connectivity index (χ1n) is 9.54. The summed E-state index contributed by atoms with van der Waals surface area (Å²) >= 11 is 1.61. The molecule has 3 rings (SSSR count). The molecule has 0 aliphatic heterocycles. The van der Waals surface area contributed by atoms with Gasteiger partial charge >= 0.3 is 0 Å². The first-order valence-corrected chi connectivity index (χ1v) is 10.4. The Bertz CT molecular complexity index is 838. The lowest BCUT2D eigenvalue weighted by molar-refractivity contribution is 0.112. The predicted octanol–water partition coefficient (Wildman–Crippen LogP) is 6.64. The normalized spacial score (nSPS) is 10.7. The van der Waals surface area contributed by atoms with Crippen LogP contribution in [0.1, 0.15) is 49.4 Å². The van der Waals surface area contributed by atoms with E-state index in [1.165, 1.54) is 25.7 Å². The third kappa shape index (κ3) is 5.51. The first kappa shape index (κ1) is 19.3. The lowest BCUT2D eigenvalue weighted by Gasteiger charge is -2.06. The minimum absolute atomic E-state index is 0.677. The molecule has 0 aliphatic rings. The van der Waals surface area contributed by atoms with Crippen molar-refractivity contribution in [2.45, 2.75) is 39.0 Å². The zero-order chi connectivity index (χ0) is 18.9. The Balaban J connectivity index is 1.57. The highest BCUT2D eigenvalue weighted by atomic mass is 32.1. The van der Waals surface area contributed by atoms with Crippen molar-refractivity contribution in [3.8, 4) is 27.6 Å². The standard InChI is InChI=1S/C23H25NO2S/c1-2-3-4-5-6-15-26-21-13-11-19(12-14-21)22-17-27-23(24-22)20-9-7-18(16-25)8-10-20/h7-14,16-17H,2-6,15H2,1H3. The van der Waals surface area contributed by atoms with Crippen LogP contribution in [0.3, 0.4) is 0 Å². The lowest BCUT2D eigenvalue weighted by Crippen LogP contribution is -1.97. The number of carbonyl (C=O) groups is 1. The van der Waals surface area contributed by atoms with Crippen molar-refractivity contribution in [3.63, 3.8) is 0 Å². The summed E-state index contributed by atoms with van der Waals surface area (Å²) in [5.41, 5.74) is 3.74. The highest BCUT2D eigenvalue weighted by Crippen LogP contribution is 2.29. The quantitative estimate of drug-likeness (QED) is 0.293. The number of thiazole rings is 1. The summed E-state index contributed by atoms with van der Waals surface area (Å²) in [6.45, 7) is 3.01. The number of hydrogen-bond acceptors (Lipinski definition) is 4. The summed E-state index contributed by atoms with van der Waals surface area (Å²) in [6, 6.07) is 15.6. The molecule has 0 fully saturated rings. The summed E-state index contributed by atoms with van der Waals surface area (Å²) in [7, 11) is 0. The smallest absolute Gasteiger partial charge is 0.150 e. The van der Waals surface area contributed by atoms with E-state index in [-0.39, 0.29) is 0 Å². The molecule has 140 valence electrons. The van der Waals surface area contributed by atoms with E-state index in [1.807, 2.05) is 36.4 Å². The van der Waals surface area contributed by atoms with Gasteiger partial charge in [0.1, 0.15) is 17.0 Å². The molecule has 0 saturated carbocycles. The third-order valence-electron chi connectivity index (χ3n) is 4.46. The molecule has 0 saturated heterocycles. The van der Waals surface area contributed by atoms with Gasteiger partial charge in [0.15, 0.2) is 0 Å². The summed E-state index contributed by atoms with van der Waals surface area (Å²) in [5, 5.41) is 3.02. The molecule has 1 aromatic heterocycles. The van der Waals surface area contributed by atoms with Crippen molar-refractivity contribution in [1.29, 1.82) is 0 Å². The molecule has 0 spiro atoms. The second-order valence-electron chi connectivity index (χ2n) is 6.56. The number of carbonyl (C=O) groups excluding carboxylic acids is 1. The maximum absolute atomic E-state index is 10.8. The molecule has 1 heterocycles. The number of aromatic nitrogens is 1. The molecular formula is C23H25NO2S. The maximum atomic E-state index is 10.8. The number of unbranched alkanes of at least 4 members (excludes halogenated alkanes) is 4. The first-order chi connectivity index (χ1) is 13.3. The van der Waals surface area contributed by atoms with E-state index in [0.29, 0.717) is 5.56 Å². The molecule has 0 atom stereocenters. The number of rotatable bonds is 10. The van der Waals surface area contributed by atoms with E-state index in [4.69, 9.17) is 9.72 Å². The molecular weight excluding hydrogens is 354 g/mol. The van der Waals surface area contributed by atoms with Crippen molar-refractivity contribution in [2.24, 2.45) is 0 Å². The van der Waals surface area contributed by atoms with Crippen LogP contribution in [-0.4, -0.2) is 17.9 Å². The van der Waals surface area contributed by atoms with E-state index in [1.54, 1.807) is 11.3 Å². The number of hydrogen-bond donors (Lipinski definition) is 0. The van der Waals surface area contributed by atoms with Crippen LogP contribution in [0, 0.1) is 0 Å². The largest absolute Gasteiger partial charge is 0.494 e. The number of ether oxygens (including phenoxy) is 1. The zero-order valence-electron chi connectivity index (χ0n) is 15.7. The summed E-state index contributed by atoms with van der Waals surface area (Å²) in [4.78, 5) is 15.5. The molecule has 3 nitrogen and oxygen atoms in total. The SMILES string of the molecule is CCCCCCCOc1ccc(-c2csc(-c3ccc(C=O)cc3)n2)cc1. The average molecular weight is 380 g/mol. The van der Waals surface area contributed by atoms with Crippen LogP contribution in [-0.2, 0) is 0 Å². The van der Waals surface area contributed by atoms with E-state index in [0.717, 1.165) is 46.9 Å². The molecule has 0 N–H and O–H groups in total. The molecule has 0 amide bonds. The van der Waals surface area contributed by atoms with Crippen molar-refractivity contribution in [1.82, 2.24) is 4.98 Å². The summed E-state index contributed by atoms with van der Waals surface area (Å²) in [5.74, 6) is 0.911. The minimum atomic E-state index is 0.677. The number of aldehydes is 1. The molecule has 4 heteroatoms. The highest BCUT2D eigenvalue weighted by molar-refractivity contribution is 7.13. The summed E-state index contributed by atoms with van der Waals surface area (Å²) < 4.78 is 5.83. The monoisotopic (exact) mass is 379 g/mol. The van der Waals surface area contributed by atoms with Crippen LogP contribution >= 0.6 is 11.3 Å². The molecule has 27 heavy (non-hydrogen) atoms. The summed E-state index contributed by atoms with van der Waals surface area (Å²) in [6.07, 6.45) is 7.08. The maximum Gasteiger partial charge on any atom is 0.150 e. The van der Waals surface area contributed by atoms with Gasteiger partial charge in [0.2, 0.25) is 0 Å². The Morgan fingerprint density at radius 2 is 1.63 bits per heavy atom. The van der Waals surface area contributed by atoms with Crippen molar-refractivity contribution in [3.05, 3.63) is 59.5 Å². The van der Waals surface area contributed by atoms with Crippen LogP contribution in [0.5, 0.6) is 5.75 Å². The fourth-order valence-corrected chi connectivity index (χ4v) is 3.70. The van der Waals surface area contributed by atoms with Crippen molar-refractivity contribution in [2.75, 3.05) is 6.61 Å². The van der Waals surface area contributed by atoms with E-state index < -0.39 is 0 Å². The van der Waals surface area contributed by atoms with Crippen LogP contribution in [0.25, 0.3) is 21.8 Å². The van der Waals surface area contributed by atoms with Crippen LogP contribution in [0.15, 0.2) is 53.9 Å². The lowest BCUT2D eigenvalue weighted by atomic mass is 10.1. The topological polar surface area (TPSA) is 39.2 Å². The van der Waals surface area contributed by atoms with Gasteiger partial charge in [-0.15, -0.1) is 11.3 Å². The number of nitrogens with zero attached hydrogens (tertiary/aromatic N) is 1. The van der Waals surface area contributed by atoms with E-state index in [9.17, 15) is 4.79 Å². The van der Waals surface area contributed by atoms with Crippen molar-refractivity contribution >= 4 is 17.6 Å².